The Hall–Kier alpha value is -0.910. The molecule has 0 fully saturated rings. The monoisotopic (exact) mass is 680 g/mol. The van der Waals surface area contributed by atoms with Gasteiger partial charge >= 0.3 is 0 Å². The quantitative estimate of drug-likeness (QED) is 0.0384. The van der Waals surface area contributed by atoms with Gasteiger partial charge in [0, 0.05) is 0 Å². The first-order chi connectivity index (χ1) is 23.5. The lowest BCUT2D eigenvalue weighted by Gasteiger charge is -2.23. The van der Waals surface area contributed by atoms with E-state index in [1.165, 1.54) is 167 Å². The van der Waals surface area contributed by atoms with Crippen LogP contribution in [0.2, 0.25) is 0 Å². The van der Waals surface area contributed by atoms with E-state index in [1.807, 2.05) is 0 Å². The molecule has 0 aliphatic carbocycles. The van der Waals surface area contributed by atoms with Gasteiger partial charge in [0.05, 0.1) is 31.3 Å². The van der Waals surface area contributed by atoms with Crippen LogP contribution in [0.4, 0.5) is 0 Å². The number of amides is 1. The lowest BCUT2D eigenvalue weighted by molar-refractivity contribution is -0.125. The van der Waals surface area contributed by atoms with Gasteiger partial charge in [-0.15, -0.1) is 0 Å². The van der Waals surface area contributed by atoms with Gasteiger partial charge < -0.3 is 20.6 Å². The topological polar surface area (TPSA) is 89.8 Å². The maximum absolute atomic E-state index is 12.4. The molecule has 286 valence electrons. The summed E-state index contributed by atoms with van der Waals surface area (Å²) < 4.78 is 0. The van der Waals surface area contributed by atoms with Crippen molar-refractivity contribution in [1.82, 2.24) is 5.32 Å². The highest BCUT2D eigenvalue weighted by Crippen LogP contribution is 2.16. The average molecular weight is 680 g/mol. The van der Waals surface area contributed by atoms with Crippen molar-refractivity contribution in [2.75, 3.05) is 6.61 Å². The molecule has 0 aliphatic rings. The van der Waals surface area contributed by atoms with Crippen molar-refractivity contribution in [3.63, 3.8) is 0 Å². The fraction of sp³-hybridized carbons (Fsp3) is 0.930. The molecule has 3 unspecified atom stereocenters. The number of aliphatic hydroxyl groups excluding tert-OH is 3. The zero-order chi connectivity index (χ0) is 35.2. The van der Waals surface area contributed by atoms with Gasteiger partial charge in [0.1, 0.15) is 0 Å². The molecule has 0 rings (SSSR count). The van der Waals surface area contributed by atoms with E-state index in [2.05, 4.69) is 31.3 Å². The fourth-order valence-corrected chi connectivity index (χ4v) is 6.75. The van der Waals surface area contributed by atoms with Crippen molar-refractivity contribution < 1.29 is 20.1 Å². The summed E-state index contributed by atoms with van der Waals surface area (Å²) in [5, 5.41) is 33.3. The van der Waals surface area contributed by atoms with Crippen LogP contribution < -0.4 is 5.32 Å². The molecule has 0 aromatic carbocycles. The second kappa shape index (κ2) is 38.9. The molecule has 5 nitrogen and oxygen atoms in total. The molecule has 3 atom stereocenters. The normalized spacial score (nSPS) is 13.7. The highest BCUT2D eigenvalue weighted by Gasteiger charge is 2.21. The van der Waals surface area contributed by atoms with Crippen LogP contribution in [-0.2, 0) is 4.79 Å². The predicted molar refractivity (Wildman–Crippen MR) is 208 cm³/mol. The molecule has 0 aliphatic heterocycles. The van der Waals surface area contributed by atoms with Crippen molar-refractivity contribution in [2.24, 2.45) is 0 Å². The summed E-state index contributed by atoms with van der Waals surface area (Å²) in [6.45, 7) is 4.26. The fourth-order valence-electron chi connectivity index (χ4n) is 6.75. The lowest BCUT2D eigenvalue weighted by atomic mass is 10.0. The van der Waals surface area contributed by atoms with E-state index < -0.39 is 18.2 Å². The Balaban J connectivity index is 3.61. The maximum Gasteiger partial charge on any atom is 0.222 e. The Morgan fingerprint density at radius 3 is 1.21 bits per heavy atom. The number of rotatable bonds is 39. The maximum atomic E-state index is 12.4. The predicted octanol–water partition coefficient (Wildman–Crippen LogP) is 12.0. The minimum absolute atomic E-state index is 0.0336. The van der Waals surface area contributed by atoms with Gasteiger partial charge in [-0.1, -0.05) is 199 Å². The first-order valence-corrected chi connectivity index (χ1v) is 21.5. The minimum Gasteiger partial charge on any atom is -0.394 e. The molecule has 48 heavy (non-hydrogen) atoms. The van der Waals surface area contributed by atoms with Gasteiger partial charge in [0.15, 0.2) is 0 Å². The number of aliphatic hydroxyl groups is 3. The summed E-state index contributed by atoms with van der Waals surface area (Å²) in [7, 11) is 0. The summed E-state index contributed by atoms with van der Waals surface area (Å²) in [4.78, 5) is 12.4. The molecule has 1 amide bonds. The molecule has 5 heteroatoms. The zero-order valence-corrected chi connectivity index (χ0v) is 32.4. The molecular formula is C43H85NO4. The van der Waals surface area contributed by atoms with E-state index in [-0.39, 0.29) is 18.9 Å². The van der Waals surface area contributed by atoms with Crippen molar-refractivity contribution in [3.8, 4) is 0 Å². The van der Waals surface area contributed by atoms with Crippen molar-refractivity contribution >= 4 is 5.91 Å². The average Bonchev–Trinajstić information content (AvgIpc) is 3.08. The third-order valence-corrected chi connectivity index (χ3v) is 10.1. The molecule has 0 spiro atoms. The van der Waals surface area contributed by atoms with E-state index in [4.69, 9.17) is 0 Å². The first kappa shape index (κ1) is 47.1. The Kier molecular flexibility index (Phi) is 38.1. The van der Waals surface area contributed by atoms with E-state index in [1.54, 1.807) is 0 Å². The standard InChI is InChI=1S/C43H85NO4/c1-3-5-7-9-11-13-15-17-18-19-20-21-22-23-25-26-28-30-32-34-36-40(46)38-43(48)44-41(39-45)42(47)37-35-33-31-29-27-24-16-14-12-10-8-6-4-2/h22-23,40-42,45-47H,3-21,24-39H2,1-2H3,(H,44,48)/b23-22-. The lowest BCUT2D eigenvalue weighted by Crippen LogP contribution is -2.46. The van der Waals surface area contributed by atoms with E-state index in [0.717, 1.165) is 32.1 Å². The van der Waals surface area contributed by atoms with Crippen LogP contribution in [0.25, 0.3) is 0 Å². The number of unbranched alkanes of at least 4 members (excludes halogenated alkanes) is 28. The number of nitrogens with one attached hydrogen (secondary N) is 1. The van der Waals surface area contributed by atoms with E-state index in [9.17, 15) is 20.1 Å². The molecule has 0 saturated heterocycles. The smallest absolute Gasteiger partial charge is 0.222 e. The van der Waals surface area contributed by atoms with Gasteiger partial charge in [0.25, 0.3) is 0 Å². The molecule has 0 radical (unpaired) electrons. The highest BCUT2D eigenvalue weighted by molar-refractivity contribution is 5.76. The third kappa shape index (κ3) is 34.9. The molecule has 0 aromatic heterocycles. The Bertz CT molecular complexity index is 669. The van der Waals surface area contributed by atoms with Crippen LogP contribution in [0, 0.1) is 0 Å². The van der Waals surface area contributed by atoms with Gasteiger partial charge in [-0.25, -0.2) is 0 Å². The summed E-state index contributed by atoms with van der Waals surface area (Å²) in [5.74, 6) is -0.286. The molecular weight excluding hydrogens is 594 g/mol. The number of hydrogen-bond acceptors (Lipinski definition) is 4. The van der Waals surface area contributed by atoms with Crippen LogP contribution in [0.5, 0.6) is 0 Å². The Morgan fingerprint density at radius 2 is 0.833 bits per heavy atom. The summed E-state index contributed by atoms with van der Waals surface area (Å²) >= 11 is 0. The minimum atomic E-state index is -0.747. The summed E-state index contributed by atoms with van der Waals surface area (Å²) in [6.07, 6.45) is 44.6. The van der Waals surface area contributed by atoms with Crippen molar-refractivity contribution in [3.05, 3.63) is 12.2 Å². The third-order valence-electron chi connectivity index (χ3n) is 10.1. The molecule has 0 heterocycles. The van der Waals surface area contributed by atoms with Gasteiger partial charge in [-0.2, -0.15) is 0 Å². The number of hydrogen-bond donors (Lipinski definition) is 4. The van der Waals surface area contributed by atoms with Crippen LogP contribution in [-0.4, -0.2) is 46.1 Å². The van der Waals surface area contributed by atoms with Gasteiger partial charge in [0.2, 0.25) is 5.91 Å². The Labute approximate surface area is 299 Å². The van der Waals surface area contributed by atoms with Crippen molar-refractivity contribution in [2.45, 2.75) is 250 Å². The molecule has 0 aromatic rings. The van der Waals surface area contributed by atoms with Crippen molar-refractivity contribution in [1.29, 1.82) is 0 Å². The summed E-state index contributed by atoms with van der Waals surface area (Å²) in [6, 6.07) is -0.657. The van der Waals surface area contributed by atoms with E-state index in [0.29, 0.717) is 12.8 Å². The Morgan fingerprint density at radius 1 is 0.500 bits per heavy atom. The van der Waals surface area contributed by atoms with Crippen LogP contribution in [0.1, 0.15) is 232 Å². The van der Waals surface area contributed by atoms with Gasteiger partial charge in [-0.05, 0) is 38.5 Å². The number of allylic oxidation sites excluding steroid dienone is 2. The first-order valence-electron chi connectivity index (χ1n) is 21.5. The highest BCUT2D eigenvalue weighted by atomic mass is 16.3. The molecule has 4 N–H and O–H groups in total. The van der Waals surface area contributed by atoms with Crippen LogP contribution in [0.15, 0.2) is 12.2 Å². The van der Waals surface area contributed by atoms with Crippen LogP contribution >= 0.6 is 0 Å². The second-order valence-electron chi connectivity index (χ2n) is 15.0. The molecule has 0 bridgehead atoms. The number of carbonyl (C=O) groups is 1. The second-order valence-corrected chi connectivity index (χ2v) is 15.0. The van der Waals surface area contributed by atoms with E-state index >= 15 is 0 Å². The van der Waals surface area contributed by atoms with Gasteiger partial charge in [-0.3, -0.25) is 4.79 Å². The number of carbonyl (C=O) groups excluding carboxylic acids is 1. The summed E-state index contributed by atoms with van der Waals surface area (Å²) in [5.41, 5.74) is 0. The molecule has 0 saturated carbocycles. The van der Waals surface area contributed by atoms with Crippen LogP contribution in [0.3, 0.4) is 0 Å². The zero-order valence-electron chi connectivity index (χ0n) is 32.4. The largest absolute Gasteiger partial charge is 0.394 e. The SMILES string of the molecule is CCCCCCCCCCCCC/C=C\CCCCCCCC(O)CC(=O)NC(CO)C(O)CCCCCCCCCCCCCCC.